The number of esters is 1. The lowest BCUT2D eigenvalue weighted by atomic mass is 10.1. The molecule has 1 aromatic rings. The molecule has 0 aromatic heterocycles. The first-order chi connectivity index (χ1) is 10.1. The van der Waals surface area contributed by atoms with Crippen LogP contribution in [0.5, 0.6) is 17.2 Å². The molecule has 0 saturated carbocycles. The van der Waals surface area contributed by atoms with E-state index in [9.17, 15) is 4.79 Å². The van der Waals surface area contributed by atoms with Crippen LogP contribution in [0, 0.1) is 0 Å². The summed E-state index contributed by atoms with van der Waals surface area (Å²) >= 11 is 0. The second-order valence-corrected chi connectivity index (χ2v) is 4.24. The SMILES string of the molecule is CCC1=N/C(=C/c2cc(OC)c(OC)c(OC)c2)C(=O)O1. The number of hydrogen-bond acceptors (Lipinski definition) is 6. The molecule has 0 N–H and O–H groups in total. The number of aliphatic imine (C=N–C) groups is 1. The molecule has 0 amide bonds. The van der Waals surface area contributed by atoms with E-state index >= 15 is 0 Å². The number of rotatable bonds is 5. The van der Waals surface area contributed by atoms with Crippen LogP contribution >= 0.6 is 0 Å². The third-order valence-corrected chi connectivity index (χ3v) is 2.96. The van der Waals surface area contributed by atoms with Gasteiger partial charge in [-0.1, -0.05) is 6.92 Å². The number of nitrogens with zero attached hydrogens (tertiary/aromatic N) is 1. The van der Waals surface area contributed by atoms with Gasteiger partial charge in [-0.3, -0.25) is 0 Å². The summed E-state index contributed by atoms with van der Waals surface area (Å²) in [5, 5.41) is 0. The topological polar surface area (TPSA) is 66.3 Å². The van der Waals surface area contributed by atoms with Gasteiger partial charge in [0, 0.05) is 6.42 Å². The number of ether oxygens (including phenoxy) is 4. The van der Waals surface area contributed by atoms with Gasteiger partial charge in [0.05, 0.1) is 21.3 Å². The number of cyclic esters (lactones) is 1. The van der Waals surface area contributed by atoms with Gasteiger partial charge in [0.2, 0.25) is 5.75 Å². The molecule has 0 radical (unpaired) electrons. The van der Waals surface area contributed by atoms with Crippen molar-refractivity contribution in [3.8, 4) is 17.2 Å². The summed E-state index contributed by atoms with van der Waals surface area (Å²) in [6.45, 7) is 1.87. The summed E-state index contributed by atoms with van der Waals surface area (Å²) in [6, 6.07) is 3.47. The molecule has 21 heavy (non-hydrogen) atoms. The van der Waals surface area contributed by atoms with E-state index in [1.807, 2.05) is 6.92 Å². The summed E-state index contributed by atoms with van der Waals surface area (Å²) in [7, 11) is 4.60. The van der Waals surface area contributed by atoms with Crippen molar-refractivity contribution in [1.29, 1.82) is 0 Å². The summed E-state index contributed by atoms with van der Waals surface area (Å²) in [6.07, 6.45) is 2.19. The van der Waals surface area contributed by atoms with Crippen LogP contribution in [0.2, 0.25) is 0 Å². The molecule has 0 aliphatic carbocycles. The summed E-state index contributed by atoms with van der Waals surface area (Å²) in [5.41, 5.74) is 0.957. The van der Waals surface area contributed by atoms with Gasteiger partial charge in [0.15, 0.2) is 23.1 Å². The Hall–Kier alpha value is -2.50. The molecule has 0 fully saturated rings. The molecule has 0 atom stereocenters. The predicted octanol–water partition coefficient (Wildman–Crippen LogP) is 2.42. The molecule has 6 nitrogen and oxygen atoms in total. The van der Waals surface area contributed by atoms with Gasteiger partial charge < -0.3 is 18.9 Å². The predicted molar refractivity (Wildman–Crippen MR) is 77.9 cm³/mol. The standard InChI is InChI=1S/C15H17NO5/c1-5-13-16-10(15(17)21-13)6-9-7-11(18-2)14(20-4)12(8-9)19-3/h6-8H,5H2,1-4H3/b10-6+. The van der Waals surface area contributed by atoms with Crippen molar-refractivity contribution in [2.24, 2.45) is 4.99 Å². The van der Waals surface area contributed by atoms with E-state index in [4.69, 9.17) is 18.9 Å². The highest BCUT2D eigenvalue weighted by Crippen LogP contribution is 2.38. The Bertz CT molecular complexity index is 593. The van der Waals surface area contributed by atoms with Crippen molar-refractivity contribution < 1.29 is 23.7 Å². The van der Waals surface area contributed by atoms with Gasteiger partial charge in [0.25, 0.3) is 0 Å². The molecule has 0 unspecified atom stereocenters. The zero-order chi connectivity index (χ0) is 15.4. The number of carbonyl (C=O) groups is 1. The van der Waals surface area contributed by atoms with Crippen molar-refractivity contribution in [3.63, 3.8) is 0 Å². The Kier molecular flexibility index (Phi) is 4.47. The van der Waals surface area contributed by atoms with Crippen molar-refractivity contribution in [3.05, 3.63) is 23.4 Å². The first kappa shape index (κ1) is 14.9. The Labute approximate surface area is 123 Å². The van der Waals surface area contributed by atoms with Crippen molar-refractivity contribution in [1.82, 2.24) is 0 Å². The van der Waals surface area contributed by atoms with E-state index in [1.165, 1.54) is 21.3 Å². The molecule has 1 aromatic carbocycles. The molecule has 1 aliphatic heterocycles. The Morgan fingerprint density at radius 2 is 1.76 bits per heavy atom. The second-order valence-electron chi connectivity index (χ2n) is 4.24. The number of methoxy groups -OCH3 is 3. The Morgan fingerprint density at radius 3 is 2.19 bits per heavy atom. The van der Waals surface area contributed by atoms with Gasteiger partial charge in [0.1, 0.15) is 0 Å². The number of carbonyl (C=O) groups excluding carboxylic acids is 1. The van der Waals surface area contributed by atoms with E-state index < -0.39 is 5.97 Å². The monoisotopic (exact) mass is 291 g/mol. The Balaban J connectivity index is 2.46. The number of hydrogen-bond donors (Lipinski definition) is 0. The van der Waals surface area contributed by atoms with Gasteiger partial charge in [-0.15, -0.1) is 0 Å². The average molecular weight is 291 g/mol. The van der Waals surface area contributed by atoms with E-state index in [2.05, 4.69) is 4.99 Å². The highest BCUT2D eigenvalue weighted by molar-refractivity contribution is 6.07. The van der Waals surface area contributed by atoms with Crippen LogP contribution in [0.4, 0.5) is 0 Å². The maximum absolute atomic E-state index is 11.7. The van der Waals surface area contributed by atoms with Crippen LogP contribution in [-0.2, 0) is 9.53 Å². The zero-order valence-electron chi connectivity index (χ0n) is 12.4. The van der Waals surface area contributed by atoms with Crippen LogP contribution in [0.25, 0.3) is 6.08 Å². The first-order valence-corrected chi connectivity index (χ1v) is 6.44. The molecule has 0 saturated heterocycles. The molecular weight excluding hydrogens is 274 g/mol. The largest absolute Gasteiger partial charge is 0.493 e. The van der Waals surface area contributed by atoms with E-state index in [0.717, 1.165) is 0 Å². The molecular formula is C15H17NO5. The maximum atomic E-state index is 11.7. The van der Waals surface area contributed by atoms with Crippen molar-refractivity contribution >= 4 is 17.9 Å². The van der Waals surface area contributed by atoms with Gasteiger partial charge in [-0.05, 0) is 23.8 Å². The molecule has 1 aliphatic rings. The van der Waals surface area contributed by atoms with E-state index in [0.29, 0.717) is 35.1 Å². The van der Waals surface area contributed by atoms with Crippen molar-refractivity contribution in [2.75, 3.05) is 21.3 Å². The van der Waals surface area contributed by atoms with Crippen LogP contribution < -0.4 is 14.2 Å². The highest BCUT2D eigenvalue weighted by Gasteiger charge is 2.22. The van der Waals surface area contributed by atoms with Crippen LogP contribution in [0.3, 0.4) is 0 Å². The lowest BCUT2D eigenvalue weighted by Crippen LogP contribution is -2.02. The average Bonchev–Trinajstić information content (AvgIpc) is 2.86. The van der Waals surface area contributed by atoms with Crippen LogP contribution in [0.1, 0.15) is 18.9 Å². The summed E-state index contributed by atoms with van der Waals surface area (Å²) < 4.78 is 20.8. The zero-order valence-corrected chi connectivity index (χ0v) is 12.4. The molecule has 1 heterocycles. The third-order valence-electron chi connectivity index (χ3n) is 2.96. The smallest absolute Gasteiger partial charge is 0.363 e. The lowest BCUT2D eigenvalue weighted by Gasteiger charge is -2.12. The minimum Gasteiger partial charge on any atom is -0.493 e. The van der Waals surface area contributed by atoms with Crippen molar-refractivity contribution in [2.45, 2.75) is 13.3 Å². The summed E-state index contributed by atoms with van der Waals surface area (Å²) in [5.74, 6) is 1.47. The van der Waals surface area contributed by atoms with E-state index in [-0.39, 0.29) is 5.70 Å². The minimum absolute atomic E-state index is 0.251. The fourth-order valence-electron chi connectivity index (χ4n) is 1.95. The molecule has 6 heteroatoms. The van der Waals surface area contributed by atoms with Gasteiger partial charge in [-0.2, -0.15) is 0 Å². The normalized spacial score (nSPS) is 15.7. The number of benzene rings is 1. The van der Waals surface area contributed by atoms with Gasteiger partial charge >= 0.3 is 5.97 Å². The van der Waals surface area contributed by atoms with E-state index in [1.54, 1.807) is 18.2 Å². The van der Waals surface area contributed by atoms with Crippen LogP contribution in [0.15, 0.2) is 22.8 Å². The highest BCUT2D eigenvalue weighted by atomic mass is 16.6. The second kappa shape index (κ2) is 6.30. The molecule has 0 bridgehead atoms. The third kappa shape index (κ3) is 2.99. The van der Waals surface area contributed by atoms with Crippen LogP contribution in [-0.4, -0.2) is 33.2 Å². The molecule has 0 spiro atoms. The summed E-state index contributed by atoms with van der Waals surface area (Å²) in [4.78, 5) is 15.8. The molecule has 2 rings (SSSR count). The minimum atomic E-state index is -0.458. The van der Waals surface area contributed by atoms with Gasteiger partial charge in [-0.25, -0.2) is 9.79 Å². The fraction of sp³-hybridized carbons (Fsp3) is 0.333. The Morgan fingerprint density at radius 1 is 1.14 bits per heavy atom. The maximum Gasteiger partial charge on any atom is 0.363 e. The quantitative estimate of drug-likeness (QED) is 0.615. The first-order valence-electron chi connectivity index (χ1n) is 6.44. The molecule has 112 valence electrons. The lowest BCUT2D eigenvalue weighted by molar-refractivity contribution is -0.130. The fourth-order valence-corrected chi connectivity index (χ4v) is 1.95.